The topological polar surface area (TPSA) is 114 Å². The Bertz CT molecular complexity index is 1220. The van der Waals surface area contributed by atoms with Crippen molar-refractivity contribution in [1.29, 1.82) is 0 Å². The standard InChI is InChI=1S/C27H29N3O5S/c1-27(2,3)35-26(34)30-21-13-12-20(23-6-5-15-36-23)16-22(21)29-25(33)19-10-8-18(9-11-19)17-28-24(32)7-4-14-31/h5-6,8-16H,4,7,17H2,1-3H3,(H,28,32)(H,29,33)(H,30,34). The first-order chi connectivity index (χ1) is 17.1. The monoisotopic (exact) mass is 507 g/mol. The van der Waals surface area contributed by atoms with Crippen LogP contribution >= 0.6 is 11.3 Å². The molecule has 0 aliphatic rings. The maximum absolute atomic E-state index is 13.0. The lowest BCUT2D eigenvalue weighted by molar-refractivity contribution is -0.122. The number of amides is 3. The number of carbonyl (C=O) groups is 4. The Labute approximate surface area is 214 Å². The first kappa shape index (κ1) is 26.6. The molecule has 36 heavy (non-hydrogen) atoms. The second-order valence-electron chi connectivity index (χ2n) is 9.00. The highest BCUT2D eigenvalue weighted by Gasteiger charge is 2.19. The van der Waals surface area contributed by atoms with E-state index in [9.17, 15) is 19.2 Å². The highest BCUT2D eigenvalue weighted by Crippen LogP contribution is 2.32. The first-order valence-corrected chi connectivity index (χ1v) is 12.3. The molecular formula is C27H29N3O5S. The predicted molar refractivity (Wildman–Crippen MR) is 141 cm³/mol. The zero-order valence-corrected chi connectivity index (χ0v) is 21.2. The predicted octanol–water partition coefficient (Wildman–Crippen LogP) is 5.61. The normalized spacial score (nSPS) is 10.9. The number of hydrogen-bond acceptors (Lipinski definition) is 6. The minimum atomic E-state index is -0.667. The zero-order valence-electron chi connectivity index (χ0n) is 20.4. The van der Waals surface area contributed by atoms with E-state index in [1.807, 2.05) is 23.6 Å². The third kappa shape index (κ3) is 8.06. The number of rotatable bonds is 9. The summed E-state index contributed by atoms with van der Waals surface area (Å²) in [6.45, 7) is 5.62. The molecule has 8 nitrogen and oxygen atoms in total. The number of anilines is 2. The molecule has 0 aliphatic heterocycles. The van der Waals surface area contributed by atoms with Gasteiger partial charge in [-0.05, 0) is 67.6 Å². The second kappa shape index (κ2) is 12.1. The van der Waals surface area contributed by atoms with Crippen molar-refractivity contribution in [3.8, 4) is 10.4 Å². The third-order valence-corrected chi connectivity index (χ3v) is 5.82. The van der Waals surface area contributed by atoms with E-state index in [0.29, 0.717) is 29.8 Å². The molecule has 0 saturated heterocycles. The van der Waals surface area contributed by atoms with Gasteiger partial charge in [-0.25, -0.2) is 4.79 Å². The molecule has 1 aromatic heterocycles. The van der Waals surface area contributed by atoms with Crippen LogP contribution in [0.15, 0.2) is 60.0 Å². The minimum absolute atomic E-state index is 0.147. The van der Waals surface area contributed by atoms with Crippen molar-refractivity contribution in [2.24, 2.45) is 0 Å². The fraction of sp³-hybridized carbons (Fsp3) is 0.259. The van der Waals surface area contributed by atoms with E-state index in [-0.39, 0.29) is 24.7 Å². The number of nitrogens with one attached hydrogen (secondary N) is 3. The molecule has 188 valence electrons. The van der Waals surface area contributed by atoms with Crippen molar-refractivity contribution in [3.63, 3.8) is 0 Å². The summed E-state index contributed by atoms with van der Waals surface area (Å²) >= 11 is 1.57. The summed E-state index contributed by atoms with van der Waals surface area (Å²) < 4.78 is 5.36. The van der Waals surface area contributed by atoms with Crippen LogP contribution in [0.25, 0.3) is 10.4 Å². The van der Waals surface area contributed by atoms with E-state index in [1.54, 1.807) is 68.5 Å². The Hall–Kier alpha value is -3.98. The number of benzene rings is 2. The SMILES string of the molecule is CC(C)(C)OC(=O)Nc1ccc(-c2cccs2)cc1NC(=O)c1ccc(CNC(=O)CCC=O)cc1. The van der Waals surface area contributed by atoms with Gasteiger partial charge in [0, 0.05) is 29.8 Å². The van der Waals surface area contributed by atoms with Crippen molar-refractivity contribution >= 4 is 46.9 Å². The molecule has 0 saturated carbocycles. The fourth-order valence-corrected chi connectivity index (χ4v) is 3.94. The van der Waals surface area contributed by atoms with Gasteiger partial charge in [-0.1, -0.05) is 24.3 Å². The van der Waals surface area contributed by atoms with E-state index in [4.69, 9.17) is 4.74 Å². The lowest BCUT2D eigenvalue weighted by Crippen LogP contribution is -2.27. The van der Waals surface area contributed by atoms with Gasteiger partial charge in [0.25, 0.3) is 5.91 Å². The van der Waals surface area contributed by atoms with Crippen LogP contribution in [0.3, 0.4) is 0 Å². The van der Waals surface area contributed by atoms with Gasteiger partial charge in [0.15, 0.2) is 0 Å². The molecule has 2 aromatic carbocycles. The summed E-state index contributed by atoms with van der Waals surface area (Å²) in [4.78, 5) is 48.5. The van der Waals surface area contributed by atoms with Gasteiger partial charge in [0.05, 0.1) is 11.4 Å². The lowest BCUT2D eigenvalue weighted by atomic mass is 10.1. The van der Waals surface area contributed by atoms with Gasteiger partial charge in [0.2, 0.25) is 5.91 Å². The molecule has 3 aromatic rings. The maximum Gasteiger partial charge on any atom is 0.412 e. The van der Waals surface area contributed by atoms with Gasteiger partial charge < -0.3 is 20.2 Å². The third-order valence-electron chi connectivity index (χ3n) is 4.90. The largest absolute Gasteiger partial charge is 0.444 e. The van der Waals surface area contributed by atoms with Crippen molar-refractivity contribution in [1.82, 2.24) is 5.32 Å². The molecule has 3 rings (SSSR count). The van der Waals surface area contributed by atoms with Gasteiger partial charge in [-0.15, -0.1) is 11.3 Å². The van der Waals surface area contributed by atoms with Crippen LogP contribution in [-0.2, 0) is 20.9 Å². The molecule has 0 unspecified atom stereocenters. The van der Waals surface area contributed by atoms with E-state index in [0.717, 1.165) is 16.0 Å². The van der Waals surface area contributed by atoms with E-state index in [1.165, 1.54) is 0 Å². The first-order valence-electron chi connectivity index (χ1n) is 11.4. The Morgan fingerprint density at radius 1 is 0.972 bits per heavy atom. The summed E-state index contributed by atoms with van der Waals surface area (Å²) in [6.07, 6.45) is 0.413. The average molecular weight is 508 g/mol. The van der Waals surface area contributed by atoms with E-state index < -0.39 is 11.7 Å². The van der Waals surface area contributed by atoms with Crippen molar-refractivity contribution < 1.29 is 23.9 Å². The van der Waals surface area contributed by atoms with Crippen molar-refractivity contribution in [2.45, 2.75) is 45.8 Å². The smallest absolute Gasteiger partial charge is 0.412 e. The van der Waals surface area contributed by atoms with Gasteiger partial charge >= 0.3 is 6.09 Å². The fourth-order valence-electron chi connectivity index (χ4n) is 3.21. The minimum Gasteiger partial charge on any atom is -0.444 e. The summed E-state index contributed by atoms with van der Waals surface area (Å²) in [7, 11) is 0. The number of aldehydes is 1. The van der Waals surface area contributed by atoms with E-state index in [2.05, 4.69) is 16.0 Å². The van der Waals surface area contributed by atoms with Crippen LogP contribution in [0, 0.1) is 0 Å². The van der Waals surface area contributed by atoms with Crippen LogP contribution in [0.5, 0.6) is 0 Å². The average Bonchev–Trinajstić information content (AvgIpc) is 3.36. The molecule has 0 bridgehead atoms. The molecule has 9 heteroatoms. The van der Waals surface area contributed by atoms with Crippen LogP contribution in [-0.4, -0.2) is 29.8 Å². The van der Waals surface area contributed by atoms with Gasteiger partial charge in [0.1, 0.15) is 11.9 Å². The summed E-state index contributed by atoms with van der Waals surface area (Å²) in [5.41, 5.74) is 2.31. The quantitative estimate of drug-likeness (QED) is 0.326. The molecule has 0 atom stereocenters. The van der Waals surface area contributed by atoms with E-state index >= 15 is 0 Å². The molecule has 1 heterocycles. The van der Waals surface area contributed by atoms with Crippen LogP contribution in [0.1, 0.15) is 49.5 Å². The summed E-state index contributed by atoms with van der Waals surface area (Å²) in [5, 5.41) is 10.3. The van der Waals surface area contributed by atoms with Gasteiger partial charge in [-0.3, -0.25) is 14.9 Å². The van der Waals surface area contributed by atoms with Crippen LogP contribution in [0.4, 0.5) is 16.2 Å². The Morgan fingerprint density at radius 2 is 1.72 bits per heavy atom. The van der Waals surface area contributed by atoms with Crippen LogP contribution in [0.2, 0.25) is 0 Å². The molecular weight excluding hydrogens is 478 g/mol. The van der Waals surface area contributed by atoms with Crippen molar-refractivity contribution in [2.75, 3.05) is 10.6 Å². The summed E-state index contributed by atoms with van der Waals surface area (Å²) in [5.74, 6) is -0.563. The number of carbonyl (C=O) groups excluding carboxylic acids is 4. The molecule has 0 radical (unpaired) electrons. The highest BCUT2D eigenvalue weighted by molar-refractivity contribution is 7.13. The van der Waals surface area contributed by atoms with Gasteiger partial charge in [-0.2, -0.15) is 0 Å². The molecule has 3 amide bonds. The zero-order chi connectivity index (χ0) is 26.1. The molecule has 0 aliphatic carbocycles. The number of hydrogen-bond donors (Lipinski definition) is 3. The maximum atomic E-state index is 13.0. The van der Waals surface area contributed by atoms with Crippen LogP contribution < -0.4 is 16.0 Å². The second-order valence-corrected chi connectivity index (χ2v) is 9.95. The Balaban J connectivity index is 1.74. The Morgan fingerprint density at radius 3 is 2.36 bits per heavy atom. The molecule has 0 fully saturated rings. The summed E-state index contributed by atoms with van der Waals surface area (Å²) in [6, 6.07) is 16.1. The highest BCUT2D eigenvalue weighted by atomic mass is 32.1. The molecule has 0 spiro atoms. The number of thiophene rings is 1. The Kier molecular flexibility index (Phi) is 8.97. The van der Waals surface area contributed by atoms with Crippen molar-refractivity contribution in [3.05, 3.63) is 71.1 Å². The number of ether oxygens (including phenoxy) is 1. The molecule has 3 N–H and O–H groups in total. The lowest BCUT2D eigenvalue weighted by Gasteiger charge is -2.21.